The summed E-state index contributed by atoms with van der Waals surface area (Å²) in [6.07, 6.45) is 23.9. The summed E-state index contributed by atoms with van der Waals surface area (Å²) in [5.41, 5.74) is 4.32. The smallest absolute Gasteiger partial charge is 0.267 e. The molecule has 0 spiro atoms. The first-order valence-corrected chi connectivity index (χ1v) is 11.5. The lowest BCUT2D eigenvalue weighted by atomic mass is 9.86. The van der Waals surface area contributed by atoms with Crippen LogP contribution < -0.4 is 5.48 Å². The Balaban J connectivity index is 1.57. The Labute approximate surface area is 170 Å². The Kier molecular flexibility index (Phi) is 8.81. The van der Waals surface area contributed by atoms with Gasteiger partial charge in [0.25, 0.3) is 5.91 Å². The van der Waals surface area contributed by atoms with Gasteiger partial charge in [0.05, 0.1) is 0 Å². The van der Waals surface area contributed by atoms with Gasteiger partial charge in [-0.1, -0.05) is 62.3 Å². The summed E-state index contributed by atoms with van der Waals surface area (Å²) in [5, 5.41) is 8.59. The maximum atomic E-state index is 11.1. The summed E-state index contributed by atoms with van der Waals surface area (Å²) in [5.74, 6) is 1.32. The highest BCUT2D eigenvalue weighted by molar-refractivity contribution is 5.86. The summed E-state index contributed by atoms with van der Waals surface area (Å²) in [6, 6.07) is 0. The van der Waals surface area contributed by atoms with Gasteiger partial charge in [-0.3, -0.25) is 14.9 Å². The van der Waals surface area contributed by atoms with E-state index in [2.05, 4.69) is 17.1 Å². The van der Waals surface area contributed by atoms with Crippen LogP contribution in [0.2, 0.25) is 0 Å². The van der Waals surface area contributed by atoms with E-state index in [0.717, 1.165) is 36.8 Å². The topological polar surface area (TPSA) is 52.6 Å². The Morgan fingerprint density at radius 1 is 0.964 bits per heavy atom. The molecule has 0 aliphatic heterocycles. The third kappa shape index (κ3) is 7.21. The zero-order valence-electron chi connectivity index (χ0n) is 17.4. The zero-order chi connectivity index (χ0) is 19.6. The summed E-state index contributed by atoms with van der Waals surface area (Å²) in [4.78, 5) is 13.9. The van der Waals surface area contributed by atoms with Crippen LogP contribution in [-0.2, 0) is 4.79 Å². The lowest BCUT2D eigenvalue weighted by Crippen LogP contribution is -2.36. The van der Waals surface area contributed by atoms with E-state index in [9.17, 15) is 4.79 Å². The molecular weight excluding hydrogens is 348 g/mol. The fraction of sp³-hybridized carbons (Fsp3) is 0.708. The number of hydroxylamine groups is 1. The van der Waals surface area contributed by atoms with Crippen molar-refractivity contribution >= 4 is 5.91 Å². The van der Waals surface area contributed by atoms with Crippen LogP contribution in [0.1, 0.15) is 77.0 Å². The molecule has 0 heterocycles. The van der Waals surface area contributed by atoms with Gasteiger partial charge < -0.3 is 0 Å². The lowest BCUT2D eigenvalue weighted by Gasteiger charge is -2.34. The fourth-order valence-corrected chi connectivity index (χ4v) is 5.15. The molecule has 1 amide bonds. The molecule has 3 aliphatic carbocycles. The van der Waals surface area contributed by atoms with Gasteiger partial charge in [0.1, 0.15) is 0 Å². The van der Waals surface area contributed by atoms with E-state index in [1.165, 1.54) is 88.9 Å². The molecule has 0 aromatic carbocycles. The maximum Gasteiger partial charge on any atom is 0.267 e. The maximum absolute atomic E-state index is 11.1. The Bertz CT molecular complexity index is 561. The molecule has 2 N–H and O–H groups in total. The van der Waals surface area contributed by atoms with Crippen LogP contribution >= 0.6 is 0 Å². The van der Waals surface area contributed by atoms with E-state index in [1.807, 2.05) is 0 Å². The van der Waals surface area contributed by atoms with Crippen molar-refractivity contribution in [2.45, 2.75) is 77.0 Å². The monoisotopic (exact) mass is 386 g/mol. The number of carbonyl (C=O) groups is 1. The van der Waals surface area contributed by atoms with Gasteiger partial charge in [-0.2, -0.15) is 0 Å². The molecule has 0 bridgehead atoms. The van der Waals surface area contributed by atoms with Gasteiger partial charge in [-0.25, -0.2) is 5.48 Å². The number of carbonyl (C=O) groups excluding carboxylic acids is 1. The normalized spacial score (nSPS) is 22.4. The second-order valence-electron chi connectivity index (χ2n) is 9.08. The molecule has 0 unspecified atom stereocenters. The summed E-state index contributed by atoms with van der Waals surface area (Å²) in [7, 11) is 0. The molecule has 3 aliphatic rings. The van der Waals surface area contributed by atoms with Crippen LogP contribution in [0.3, 0.4) is 0 Å². The van der Waals surface area contributed by atoms with Crippen LogP contribution in [0.5, 0.6) is 0 Å². The quantitative estimate of drug-likeness (QED) is 0.344. The van der Waals surface area contributed by atoms with E-state index < -0.39 is 5.91 Å². The first kappa shape index (κ1) is 21.3. The standard InChI is InChI=1S/C24H38N2O2/c27-24(25-28)16-15-20-11-13-23(14-12-20)19-26(17-21-7-3-1-4-8-21)18-22-9-5-2-6-10-22/h11,13,15-16,21-22,28H,1-10,12,14,17-19H2,(H,25,27)/b16-15+. The van der Waals surface area contributed by atoms with Crippen LogP contribution in [0.15, 0.2) is 35.5 Å². The number of amides is 1. The van der Waals surface area contributed by atoms with Gasteiger partial charge >= 0.3 is 0 Å². The predicted octanol–water partition coefficient (Wildman–Crippen LogP) is 5.16. The SMILES string of the molecule is O=C(/C=C/C1=CC=C(CN(CC2CCCCC2)CC2CCCCC2)CC1)NO. The molecule has 0 aromatic rings. The van der Waals surface area contributed by atoms with E-state index in [4.69, 9.17) is 5.21 Å². The molecule has 4 heteroatoms. The largest absolute Gasteiger partial charge is 0.299 e. The summed E-state index contributed by atoms with van der Waals surface area (Å²) in [6.45, 7) is 3.67. The minimum absolute atomic E-state index is 0.471. The number of nitrogens with one attached hydrogen (secondary N) is 1. The van der Waals surface area contributed by atoms with Crippen LogP contribution in [-0.4, -0.2) is 35.6 Å². The third-order valence-corrected chi connectivity index (χ3v) is 6.74. The molecule has 2 fully saturated rings. The van der Waals surface area contributed by atoms with Gasteiger partial charge in [0, 0.05) is 25.7 Å². The molecule has 156 valence electrons. The highest BCUT2D eigenvalue weighted by Gasteiger charge is 2.22. The van der Waals surface area contributed by atoms with Gasteiger partial charge in [0.15, 0.2) is 0 Å². The Morgan fingerprint density at radius 3 is 2.07 bits per heavy atom. The van der Waals surface area contributed by atoms with Crippen LogP contribution in [0, 0.1) is 11.8 Å². The van der Waals surface area contributed by atoms with Crippen molar-refractivity contribution in [3.8, 4) is 0 Å². The molecule has 0 radical (unpaired) electrons. The van der Waals surface area contributed by atoms with Gasteiger partial charge in [-0.05, 0) is 55.9 Å². The van der Waals surface area contributed by atoms with E-state index in [1.54, 1.807) is 11.6 Å². The highest BCUT2D eigenvalue weighted by Crippen LogP contribution is 2.29. The third-order valence-electron chi connectivity index (χ3n) is 6.74. The Morgan fingerprint density at radius 2 is 1.57 bits per heavy atom. The average molecular weight is 387 g/mol. The fourth-order valence-electron chi connectivity index (χ4n) is 5.15. The molecular formula is C24H38N2O2. The molecule has 28 heavy (non-hydrogen) atoms. The number of allylic oxidation sites excluding steroid dienone is 4. The van der Waals surface area contributed by atoms with Crippen molar-refractivity contribution in [3.63, 3.8) is 0 Å². The minimum Gasteiger partial charge on any atom is -0.299 e. The van der Waals surface area contributed by atoms with Crippen molar-refractivity contribution in [1.29, 1.82) is 0 Å². The predicted molar refractivity (Wildman–Crippen MR) is 114 cm³/mol. The lowest BCUT2D eigenvalue weighted by molar-refractivity contribution is -0.124. The zero-order valence-corrected chi connectivity index (χ0v) is 17.4. The van der Waals surface area contributed by atoms with Gasteiger partial charge in [-0.15, -0.1) is 0 Å². The Hall–Kier alpha value is -1.39. The van der Waals surface area contributed by atoms with E-state index in [-0.39, 0.29) is 0 Å². The molecule has 3 rings (SSSR count). The molecule has 0 atom stereocenters. The second-order valence-corrected chi connectivity index (χ2v) is 9.08. The minimum atomic E-state index is -0.471. The molecule has 0 aromatic heterocycles. The number of rotatable bonds is 8. The molecule has 0 saturated heterocycles. The number of hydrogen-bond donors (Lipinski definition) is 2. The number of nitrogens with zero attached hydrogens (tertiary/aromatic N) is 1. The average Bonchev–Trinajstić information content (AvgIpc) is 2.74. The van der Waals surface area contributed by atoms with Gasteiger partial charge in [0.2, 0.25) is 0 Å². The molecule has 2 saturated carbocycles. The first-order valence-electron chi connectivity index (χ1n) is 11.5. The van der Waals surface area contributed by atoms with Crippen molar-refractivity contribution in [2.75, 3.05) is 19.6 Å². The van der Waals surface area contributed by atoms with Crippen molar-refractivity contribution < 1.29 is 10.0 Å². The van der Waals surface area contributed by atoms with Crippen molar-refractivity contribution in [1.82, 2.24) is 10.4 Å². The van der Waals surface area contributed by atoms with Crippen molar-refractivity contribution in [3.05, 3.63) is 35.5 Å². The second kappa shape index (κ2) is 11.6. The number of hydrogen-bond acceptors (Lipinski definition) is 3. The first-order chi connectivity index (χ1) is 13.7. The molecule has 4 nitrogen and oxygen atoms in total. The summed E-state index contributed by atoms with van der Waals surface area (Å²) < 4.78 is 0. The van der Waals surface area contributed by atoms with E-state index >= 15 is 0 Å². The van der Waals surface area contributed by atoms with E-state index in [0.29, 0.717) is 0 Å². The van der Waals surface area contributed by atoms with Crippen LogP contribution in [0.4, 0.5) is 0 Å². The summed E-state index contributed by atoms with van der Waals surface area (Å²) >= 11 is 0. The highest BCUT2D eigenvalue weighted by atomic mass is 16.5. The van der Waals surface area contributed by atoms with Crippen molar-refractivity contribution in [2.24, 2.45) is 11.8 Å². The van der Waals surface area contributed by atoms with Crippen LogP contribution in [0.25, 0.3) is 0 Å².